The highest BCUT2D eigenvalue weighted by Gasteiger charge is 2.62. The lowest BCUT2D eigenvalue weighted by atomic mass is 9.82. The zero-order valence-corrected chi connectivity index (χ0v) is 39.0. The summed E-state index contributed by atoms with van der Waals surface area (Å²) in [4.78, 5) is 68.9. The fraction of sp³-hybridized carbons (Fsp3) is 0.592. The Labute approximate surface area is 381 Å². The lowest BCUT2D eigenvalue weighted by Gasteiger charge is -2.32. The number of benzene rings is 1. The van der Waals surface area contributed by atoms with Gasteiger partial charge in [0.05, 0.1) is 54.0 Å². The van der Waals surface area contributed by atoms with E-state index in [1.807, 2.05) is 57.2 Å². The Morgan fingerprint density at radius 3 is 2.53 bits per heavy atom. The summed E-state index contributed by atoms with van der Waals surface area (Å²) in [5, 5.41) is 1.37. The van der Waals surface area contributed by atoms with Crippen LogP contribution in [0, 0.1) is 29.1 Å². The Hall–Kier alpha value is -5.05. The minimum Gasteiger partial charge on any atom is -0.497 e. The number of carbonyl (C=O) groups excluding carboxylic acids is 4. The normalized spacial score (nSPS) is 28.6. The quantitative estimate of drug-likeness (QED) is 0.146. The molecular weight excluding hydrogens is 837 g/mol. The van der Waals surface area contributed by atoms with E-state index in [1.165, 1.54) is 18.7 Å². The van der Waals surface area contributed by atoms with Gasteiger partial charge in [0.1, 0.15) is 17.5 Å². The van der Waals surface area contributed by atoms with E-state index in [0.717, 1.165) is 11.8 Å². The number of hydrogen-bond acceptors (Lipinski definition) is 12. The van der Waals surface area contributed by atoms with E-state index in [9.17, 15) is 22.8 Å². The second-order valence-corrected chi connectivity index (χ2v) is 21.7. The van der Waals surface area contributed by atoms with Gasteiger partial charge >= 0.3 is 5.97 Å². The van der Waals surface area contributed by atoms with Gasteiger partial charge in [-0.05, 0) is 133 Å². The zero-order valence-electron chi connectivity index (χ0n) is 41.1. The molecule has 1 aromatic carbocycles. The molecule has 3 aromatic rings. The lowest BCUT2D eigenvalue weighted by Crippen LogP contribution is -2.48. The highest BCUT2D eigenvalue weighted by atomic mass is 32.2. The number of sulfonamides is 1. The number of rotatable bonds is 11. The Bertz CT molecular complexity index is 2530. The van der Waals surface area contributed by atoms with E-state index in [4.69, 9.17) is 28.0 Å². The smallest absolute Gasteiger partial charge is 0.307 e. The molecular formula is C49H64N4O10S. The highest BCUT2D eigenvalue weighted by Crippen LogP contribution is 2.58. The lowest BCUT2D eigenvalue weighted by molar-refractivity contribution is -0.160. The number of fused-ring (bicyclic) bond motifs is 3. The number of ketones is 1. The van der Waals surface area contributed by atoms with E-state index in [1.54, 1.807) is 32.4 Å². The average molecular weight is 904 g/mol. The standard InChI is InChI=1S/C49H64N4O10S/c1-29(2)61-42-17-14-32(27-50-42)39-22-33-21-35(60-9)15-16-37(33)44(51-39)62-36-23-40-41(54)26-49(46(57)52-64(58,59)48(8)18-19-48)25-34(49)13-11-10-12-30(3)20-31(4)38(45(56)53(40)28-36)24-43(55)63-47(5,6)7/h11,13-17,21-22,27,29-31,34,36,38,40H,10,12,18-20,23-26,28H2,1-9H3,(H,52,57)/b13-11-/t30-,31-,34-,36?,38+,40+,49-/m1/s1/i5D3. The first-order valence-electron chi connectivity index (χ1n) is 23.9. The van der Waals surface area contributed by atoms with Crippen molar-refractivity contribution in [3.63, 3.8) is 0 Å². The summed E-state index contributed by atoms with van der Waals surface area (Å²) in [5.74, 6) is -3.04. The van der Waals surface area contributed by atoms with Crippen LogP contribution >= 0.6 is 0 Å². The molecule has 1 unspecified atom stereocenters. The molecule has 15 heteroatoms. The van der Waals surface area contributed by atoms with Crippen LogP contribution in [0.1, 0.15) is 117 Å². The maximum absolute atomic E-state index is 15.2. The highest BCUT2D eigenvalue weighted by molar-refractivity contribution is 7.91. The number of amides is 2. The summed E-state index contributed by atoms with van der Waals surface area (Å²) in [7, 11) is -2.47. The van der Waals surface area contributed by atoms with E-state index >= 15 is 4.79 Å². The number of hydrogen-bond donors (Lipinski definition) is 1. The predicted molar refractivity (Wildman–Crippen MR) is 242 cm³/mol. The molecule has 3 fully saturated rings. The van der Waals surface area contributed by atoms with E-state index in [-0.39, 0.29) is 43.7 Å². The summed E-state index contributed by atoms with van der Waals surface area (Å²) in [5.41, 5.74) is -2.01. The van der Waals surface area contributed by atoms with Crippen LogP contribution < -0.4 is 18.9 Å². The number of aromatic nitrogens is 2. The van der Waals surface area contributed by atoms with Crippen LogP contribution in [0.2, 0.25) is 0 Å². The van der Waals surface area contributed by atoms with Crippen LogP contribution in [0.4, 0.5) is 0 Å². The summed E-state index contributed by atoms with van der Waals surface area (Å²) >= 11 is 0. The van der Waals surface area contributed by atoms with Crippen LogP contribution in [0.25, 0.3) is 22.0 Å². The number of methoxy groups -OCH3 is 1. The molecule has 2 aliphatic heterocycles. The van der Waals surface area contributed by atoms with Gasteiger partial charge in [-0.2, -0.15) is 0 Å². The van der Waals surface area contributed by atoms with Gasteiger partial charge in [0.2, 0.25) is 33.6 Å². The zero-order chi connectivity index (χ0) is 48.9. The maximum Gasteiger partial charge on any atom is 0.307 e. The number of nitrogens with zero attached hydrogens (tertiary/aromatic N) is 3. The third-order valence-corrected chi connectivity index (χ3v) is 15.4. The van der Waals surface area contributed by atoms with Gasteiger partial charge in [0.25, 0.3) is 0 Å². The maximum atomic E-state index is 15.2. The van der Waals surface area contributed by atoms with Crippen molar-refractivity contribution >= 4 is 44.4 Å². The predicted octanol–water partition coefficient (Wildman–Crippen LogP) is 7.77. The average Bonchev–Trinajstić information content (AvgIpc) is 4.13. The number of ether oxygens (including phenoxy) is 4. The summed E-state index contributed by atoms with van der Waals surface area (Å²) in [6, 6.07) is 9.76. The Balaban J connectivity index is 1.26. The molecule has 7 atom stereocenters. The molecule has 7 rings (SSSR count). The van der Waals surface area contributed by atoms with E-state index in [0.29, 0.717) is 54.0 Å². The monoisotopic (exact) mass is 903 g/mol. The molecule has 2 saturated carbocycles. The summed E-state index contributed by atoms with van der Waals surface area (Å²) in [6.07, 6.45) is 6.83. The molecule has 4 aliphatic rings. The van der Waals surface area contributed by atoms with Crippen molar-refractivity contribution in [3.05, 3.63) is 54.7 Å². The van der Waals surface area contributed by atoms with Crippen LogP contribution in [-0.4, -0.2) is 89.1 Å². The molecule has 0 bridgehead atoms. The third-order valence-electron chi connectivity index (χ3n) is 13.2. The van der Waals surface area contributed by atoms with Crippen molar-refractivity contribution in [1.82, 2.24) is 19.6 Å². The topological polar surface area (TPSA) is 180 Å². The first-order valence-corrected chi connectivity index (χ1v) is 23.9. The van der Waals surface area contributed by atoms with Crippen molar-refractivity contribution in [2.45, 2.75) is 142 Å². The van der Waals surface area contributed by atoms with Gasteiger partial charge in [0, 0.05) is 40.2 Å². The van der Waals surface area contributed by atoms with Gasteiger partial charge < -0.3 is 23.8 Å². The van der Waals surface area contributed by atoms with Crippen molar-refractivity contribution in [1.29, 1.82) is 0 Å². The first-order chi connectivity index (χ1) is 31.3. The minimum absolute atomic E-state index is 0.000469. The van der Waals surface area contributed by atoms with Crippen molar-refractivity contribution in [3.8, 4) is 28.8 Å². The van der Waals surface area contributed by atoms with Gasteiger partial charge in [-0.1, -0.05) is 26.0 Å². The third kappa shape index (κ3) is 10.4. The second kappa shape index (κ2) is 18.1. The van der Waals surface area contributed by atoms with Crippen molar-refractivity contribution in [2.24, 2.45) is 29.1 Å². The van der Waals surface area contributed by atoms with Gasteiger partial charge in [-0.15, -0.1) is 0 Å². The molecule has 64 heavy (non-hydrogen) atoms. The molecule has 14 nitrogen and oxygen atoms in total. The Morgan fingerprint density at radius 1 is 1.09 bits per heavy atom. The van der Waals surface area contributed by atoms with Crippen LogP contribution in [0.15, 0.2) is 54.7 Å². The second-order valence-electron chi connectivity index (χ2n) is 19.5. The first kappa shape index (κ1) is 42.9. The van der Waals surface area contributed by atoms with Gasteiger partial charge in [-0.25, -0.2) is 18.4 Å². The molecule has 2 aliphatic carbocycles. The van der Waals surface area contributed by atoms with Crippen molar-refractivity contribution in [2.75, 3.05) is 13.7 Å². The molecule has 0 radical (unpaired) electrons. The SMILES string of the molecule is [2H]C([2H])([2H])C(C)(C)OC(=O)C[C@@H]1C(=O)N2CC(Oc3nc(-c4ccc(OC(C)C)nc4)cc4cc(OC)ccc34)C[C@H]2C(=O)C[C@]2(C(=O)NS(=O)(=O)C3(C)CC3)C[C@H]2/C=C\CC[C@@H](C)C[C@H]1C. The molecule has 2 amide bonds. The molecule has 1 N–H and O–H groups in total. The number of pyridine rings is 2. The minimum atomic E-state index is -4.03. The van der Waals surface area contributed by atoms with Gasteiger partial charge in [-0.3, -0.25) is 23.9 Å². The number of Topliss-reactive ketones (excluding diaryl/α,β-unsaturated/α-hetero) is 1. The number of esters is 1. The van der Waals surface area contributed by atoms with Crippen LogP contribution in [-0.2, 0) is 33.9 Å². The molecule has 1 saturated heterocycles. The summed E-state index contributed by atoms with van der Waals surface area (Å²) in [6.45, 7) is 9.20. The molecule has 4 heterocycles. The van der Waals surface area contributed by atoms with Crippen molar-refractivity contribution < 1.29 is 50.7 Å². The Kier molecular flexibility index (Phi) is 12.1. The fourth-order valence-electron chi connectivity index (χ4n) is 9.16. The largest absolute Gasteiger partial charge is 0.497 e. The molecule has 0 spiro atoms. The fourth-order valence-corrected chi connectivity index (χ4v) is 10.5. The Morgan fingerprint density at radius 2 is 1.86 bits per heavy atom. The molecule has 2 aromatic heterocycles. The molecule has 346 valence electrons. The van der Waals surface area contributed by atoms with Crippen LogP contribution in [0.5, 0.6) is 17.5 Å². The van der Waals surface area contributed by atoms with Gasteiger partial charge in [0.15, 0.2) is 5.78 Å². The number of allylic oxidation sites excluding steroid dienone is 2. The van der Waals surface area contributed by atoms with E-state index in [2.05, 4.69) is 16.6 Å². The summed E-state index contributed by atoms with van der Waals surface area (Å²) < 4.78 is 75.5. The number of nitrogens with one attached hydrogen (secondary N) is 1. The number of carbonyl (C=O) groups is 4. The van der Waals surface area contributed by atoms with E-state index < -0.39 is 92.5 Å². The van der Waals surface area contributed by atoms with Crippen LogP contribution in [0.3, 0.4) is 0 Å².